The van der Waals surface area contributed by atoms with E-state index >= 15 is 0 Å². The molecule has 1 aromatic heterocycles. The lowest BCUT2D eigenvalue weighted by atomic mass is 10.1. The topological polar surface area (TPSA) is 170 Å². The maximum atomic E-state index is 11.2. The van der Waals surface area contributed by atoms with Gasteiger partial charge in [-0.05, 0) is 38.1 Å². The summed E-state index contributed by atoms with van der Waals surface area (Å²) in [5.74, 6) is 2.42. The van der Waals surface area contributed by atoms with Gasteiger partial charge in [-0.25, -0.2) is 4.98 Å². The van der Waals surface area contributed by atoms with Crippen molar-refractivity contribution in [3.05, 3.63) is 59.4 Å². The highest BCUT2D eigenvalue weighted by atomic mass is 32.2. The van der Waals surface area contributed by atoms with Gasteiger partial charge in [0.2, 0.25) is 0 Å². The lowest BCUT2D eigenvalue weighted by Crippen LogP contribution is -2.32. The summed E-state index contributed by atoms with van der Waals surface area (Å²) in [4.78, 5) is 3.97. The molecular weight excluding hydrogens is 420 g/mol. The Bertz CT molecular complexity index is 1050. The minimum atomic E-state index is -2.76. The predicted molar refractivity (Wildman–Crippen MR) is 120 cm³/mol. The average molecular weight is 445 g/mol. The van der Waals surface area contributed by atoms with Crippen LogP contribution in [0.1, 0.15) is 30.5 Å². The first-order valence-electron chi connectivity index (χ1n) is 8.96. The normalized spacial score (nSPS) is 13.6. The molecule has 1 heterocycles. The molecule has 7 N–H and O–H groups in total. The fraction of sp³-hybridized carbons (Fsp3) is 0.238. The number of nitrogens with two attached hydrogens (primary N) is 2. The number of nitrogen functional groups attached to an aromatic ring is 1. The molecule has 0 amide bonds. The molecule has 0 aliphatic rings. The molecule has 0 saturated carbocycles. The van der Waals surface area contributed by atoms with E-state index in [4.69, 9.17) is 16.2 Å². The van der Waals surface area contributed by atoms with Crippen LogP contribution in [0.5, 0.6) is 5.75 Å². The van der Waals surface area contributed by atoms with E-state index in [0.29, 0.717) is 16.7 Å². The average Bonchev–Trinajstić information content (AvgIpc) is 2.68. The number of ether oxygens (including phenoxy) is 1. The van der Waals surface area contributed by atoms with E-state index in [9.17, 15) is 19.9 Å². The van der Waals surface area contributed by atoms with Crippen LogP contribution in [-0.4, -0.2) is 42.9 Å². The summed E-state index contributed by atoms with van der Waals surface area (Å²) in [5, 5.41) is 30.8. The fourth-order valence-electron chi connectivity index (χ4n) is 2.28. The van der Waals surface area contributed by atoms with Crippen molar-refractivity contribution in [3.63, 3.8) is 0 Å². The first kappa shape index (κ1) is 24.2. The van der Waals surface area contributed by atoms with Gasteiger partial charge in [0.1, 0.15) is 11.9 Å². The molecular formula is C21H24N4O5S. The molecule has 1 unspecified atom stereocenters. The van der Waals surface area contributed by atoms with Crippen molar-refractivity contribution in [2.75, 3.05) is 12.0 Å². The van der Waals surface area contributed by atoms with Gasteiger partial charge in [-0.15, -0.1) is 0 Å². The minimum Gasteiger partial charge on any atom is -0.592 e. The second-order valence-corrected chi connectivity index (χ2v) is 8.05. The monoisotopic (exact) mass is 444 g/mol. The summed E-state index contributed by atoms with van der Waals surface area (Å²) < 4.78 is 20.3. The van der Waals surface area contributed by atoms with E-state index in [1.807, 2.05) is 0 Å². The number of aromatic nitrogens is 1. The van der Waals surface area contributed by atoms with Crippen molar-refractivity contribution >= 4 is 29.0 Å². The number of hydrogen-bond acceptors (Lipinski definition) is 9. The van der Waals surface area contributed by atoms with Crippen LogP contribution < -0.4 is 16.2 Å². The van der Waals surface area contributed by atoms with E-state index in [0.717, 1.165) is 0 Å². The van der Waals surface area contributed by atoms with Crippen LogP contribution in [0.15, 0.2) is 47.1 Å². The molecule has 1 aromatic carbocycles. The van der Waals surface area contributed by atoms with Gasteiger partial charge in [-0.1, -0.05) is 22.3 Å². The highest BCUT2D eigenvalue weighted by Crippen LogP contribution is 2.30. The van der Waals surface area contributed by atoms with Crippen LogP contribution in [0, 0.1) is 11.8 Å². The summed E-state index contributed by atoms with van der Waals surface area (Å²) in [5.41, 5.74) is 11.4. The van der Waals surface area contributed by atoms with Crippen LogP contribution in [0.3, 0.4) is 0 Å². The summed E-state index contributed by atoms with van der Waals surface area (Å²) in [6, 6.07) is 7.43. The molecule has 2 aromatic rings. The third-order valence-electron chi connectivity index (χ3n) is 3.74. The lowest BCUT2D eigenvalue weighted by molar-refractivity contribution is -0.303. The third-order valence-corrected chi connectivity index (χ3v) is 4.14. The number of pyridine rings is 1. The van der Waals surface area contributed by atoms with E-state index < -0.39 is 22.9 Å². The van der Waals surface area contributed by atoms with Crippen LogP contribution in [0.25, 0.3) is 5.57 Å². The van der Waals surface area contributed by atoms with Gasteiger partial charge in [0.05, 0.1) is 23.1 Å². The molecule has 10 heteroatoms. The summed E-state index contributed by atoms with van der Waals surface area (Å²) in [6.45, 7) is 3.07. The first-order chi connectivity index (χ1) is 14.4. The smallest absolute Gasteiger partial charge is 0.351 e. The molecule has 0 fully saturated rings. The van der Waals surface area contributed by atoms with Gasteiger partial charge >= 0.3 is 5.97 Å². The zero-order valence-corrected chi connectivity index (χ0v) is 18.1. The number of allylic oxidation sites excluding steroid dienone is 1. The number of nitrogens with zero attached hydrogens (tertiary/aromatic N) is 2. The largest absolute Gasteiger partial charge is 0.592 e. The van der Waals surface area contributed by atoms with Crippen LogP contribution in [0.4, 0.5) is 5.82 Å². The molecule has 0 spiro atoms. The van der Waals surface area contributed by atoms with Crippen molar-refractivity contribution in [2.24, 2.45) is 10.1 Å². The molecule has 164 valence electrons. The van der Waals surface area contributed by atoms with E-state index in [1.54, 1.807) is 12.1 Å². The fourth-order valence-corrected chi connectivity index (χ4v) is 2.54. The molecule has 0 bridgehead atoms. The highest BCUT2D eigenvalue weighted by Gasteiger charge is 2.30. The maximum Gasteiger partial charge on any atom is 0.351 e. The predicted octanol–water partition coefficient (Wildman–Crippen LogP) is 0.624. The Balaban J connectivity index is 2.36. The standard InChI is InChI=1S/C21H24N4O5S/c1-20(2,26)8-7-14-5-4-6-17(9-14)21(27,28)30-18-10-15(12-24-19(18)23)16(11-22)13-25-31(3)29/h4-6,9-13,26-28H,22H2,1-3H3,(H2,23,24). The second kappa shape index (κ2) is 9.82. The Kier molecular flexibility index (Phi) is 7.67. The minimum absolute atomic E-state index is 0.0163. The Morgan fingerprint density at radius 1 is 1.29 bits per heavy atom. The van der Waals surface area contributed by atoms with Gasteiger partial charge < -0.3 is 36.1 Å². The van der Waals surface area contributed by atoms with Crippen LogP contribution in [-0.2, 0) is 17.3 Å². The Morgan fingerprint density at radius 3 is 2.61 bits per heavy atom. The molecule has 9 nitrogen and oxygen atoms in total. The lowest BCUT2D eigenvalue weighted by Gasteiger charge is -2.24. The molecule has 31 heavy (non-hydrogen) atoms. The number of aliphatic hydroxyl groups is 3. The number of anilines is 1. The third kappa shape index (κ3) is 7.29. The second-order valence-electron chi connectivity index (χ2n) is 6.99. The number of benzene rings is 1. The van der Waals surface area contributed by atoms with Gasteiger partial charge in [0.15, 0.2) is 11.6 Å². The number of hydrogen-bond donors (Lipinski definition) is 5. The van der Waals surface area contributed by atoms with Gasteiger partial charge in [-0.3, -0.25) is 0 Å². The summed E-state index contributed by atoms with van der Waals surface area (Å²) in [7, 11) is 0. The van der Waals surface area contributed by atoms with Gasteiger partial charge in [0.25, 0.3) is 0 Å². The highest BCUT2D eigenvalue weighted by molar-refractivity contribution is 7.89. The molecule has 0 aliphatic heterocycles. The van der Waals surface area contributed by atoms with Gasteiger partial charge in [-0.2, -0.15) is 0 Å². The first-order valence-corrected chi connectivity index (χ1v) is 10.5. The maximum absolute atomic E-state index is 11.2. The summed E-state index contributed by atoms with van der Waals surface area (Å²) >= 11 is -1.43. The Morgan fingerprint density at radius 2 is 2.00 bits per heavy atom. The van der Waals surface area contributed by atoms with E-state index in [1.165, 1.54) is 56.9 Å². The summed E-state index contributed by atoms with van der Waals surface area (Å²) in [6.07, 6.45) is 5.30. The number of rotatable bonds is 6. The van der Waals surface area contributed by atoms with Crippen molar-refractivity contribution in [2.45, 2.75) is 25.4 Å². The van der Waals surface area contributed by atoms with Crippen molar-refractivity contribution < 1.29 is 24.6 Å². The van der Waals surface area contributed by atoms with E-state index in [-0.39, 0.29) is 17.1 Å². The van der Waals surface area contributed by atoms with Crippen LogP contribution >= 0.6 is 0 Å². The molecule has 0 aliphatic carbocycles. The van der Waals surface area contributed by atoms with Crippen LogP contribution in [0.2, 0.25) is 0 Å². The Labute approximate surface area is 183 Å². The SMILES string of the molecule is C[S+]([O-])N=CC(=CN)c1cnc(N)c(OC(O)(O)c2cccc(C#CC(C)(C)O)c2)c1. The molecule has 2 rings (SSSR count). The molecule has 0 radical (unpaired) electrons. The quantitative estimate of drug-likeness (QED) is 0.187. The van der Waals surface area contributed by atoms with Crippen molar-refractivity contribution in [1.29, 1.82) is 0 Å². The molecule has 1 atom stereocenters. The zero-order valence-electron chi connectivity index (χ0n) is 17.2. The molecule has 0 saturated heterocycles. The van der Waals surface area contributed by atoms with Crippen molar-refractivity contribution in [1.82, 2.24) is 4.98 Å². The Hall–Kier alpha value is -3.07. The van der Waals surface area contributed by atoms with Crippen molar-refractivity contribution in [3.8, 4) is 17.6 Å². The van der Waals surface area contributed by atoms with Gasteiger partial charge in [0, 0.05) is 29.1 Å². The van der Waals surface area contributed by atoms with E-state index in [2.05, 4.69) is 21.2 Å². The zero-order chi connectivity index (χ0) is 23.2.